The molecule has 0 aliphatic carbocycles. The number of hydrogen-bond donors (Lipinski definition) is 1. The average molecular weight is 296 g/mol. The summed E-state index contributed by atoms with van der Waals surface area (Å²) in [7, 11) is -3.06. The first kappa shape index (κ1) is 15.0. The van der Waals surface area contributed by atoms with Crippen molar-refractivity contribution >= 4 is 15.9 Å². The smallest absolute Gasteiger partial charge is 0.251 e. The standard InChI is InChI=1S/C14H20N2O3S/c17-14(13-7-2-1-3-8-13)15-9-6-11-16-10-4-5-12-20(16,18)19/h1-3,7-8H,4-6,9-12H2,(H,15,17). The fraction of sp³-hybridized carbons (Fsp3) is 0.500. The number of nitrogens with zero attached hydrogens (tertiary/aromatic N) is 1. The van der Waals surface area contributed by atoms with Gasteiger partial charge in [-0.25, -0.2) is 12.7 Å². The van der Waals surface area contributed by atoms with Crippen molar-refractivity contribution < 1.29 is 13.2 Å². The largest absolute Gasteiger partial charge is 0.352 e. The zero-order valence-corrected chi connectivity index (χ0v) is 12.2. The third-order valence-electron chi connectivity index (χ3n) is 3.36. The number of nitrogens with one attached hydrogen (secondary N) is 1. The van der Waals surface area contributed by atoms with Crippen LogP contribution in [0, 0.1) is 0 Å². The minimum Gasteiger partial charge on any atom is -0.352 e. The second-order valence-corrected chi connectivity index (χ2v) is 6.99. The molecule has 0 aromatic heterocycles. The molecular weight excluding hydrogens is 276 g/mol. The number of rotatable bonds is 5. The van der Waals surface area contributed by atoms with Gasteiger partial charge in [0.25, 0.3) is 5.91 Å². The lowest BCUT2D eigenvalue weighted by Crippen LogP contribution is -2.39. The molecule has 1 fully saturated rings. The number of amides is 1. The van der Waals surface area contributed by atoms with E-state index in [2.05, 4.69) is 5.32 Å². The van der Waals surface area contributed by atoms with Gasteiger partial charge in [-0.05, 0) is 31.4 Å². The van der Waals surface area contributed by atoms with Gasteiger partial charge in [-0.15, -0.1) is 0 Å². The first-order chi connectivity index (χ1) is 9.59. The second kappa shape index (κ2) is 6.85. The van der Waals surface area contributed by atoms with Crippen LogP contribution < -0.4 is 5.32 Å². The van der Waals surface area contributed by atoms with Gasteiger partial charge >= 0.3 is 0 Å². The molecule has 1 saturated heterocycles. The molecule has 0 radical (unpaired) electrons. The van der Waals surface area contributed by atoms with Crippen molar-refractivity contribution in [1.82, 2.24) is 9.62 Å². The van der Waals surface area contributed by atoms with E-state index in [1.807, 2.05) is 18.2 Å². The Labute approximate surface area is 120 Å². The summed E-state index contributed by atoms with van der Waals surface area (Å²) in [6, 6.07) is 9.00. The number of carbonyl (C=O) groups excluding carboxylic acids is 1. The van der Waals surface area contributed by atoms with Crippen molar-refractivity contribution in [3.63, 3.8) is 0 Å². The second-order valence-electron chi connectivity index (χ2n) is 4.90. The van der Waals surface area contributed by atoms with Crippen LogP contribution in [0.15, 0.2) is 30.3 Å². The summed E-state index contributed by atoms with van der Waals surface area (Å²) in [5, 5.41) is 2.81. The maximum Gasteiger partial charge on any atom is 0.251 e. The topological polar surface area (TPSA) is 66.5 Å². The quantitative estimate of drug-likeness (QED) is 0.831. The van der Waals surface area contributed by atoms with E-state index in [1.165, 1.54) is 4.31 Å². The van der Waals surface area contributed by atoms with Crippen LogP contribution in [0.3, 0.4) is 0 Å². The van der Waals surface area contributed by atoms with Crippen molar-refractivity contribution in [2.24, 2.45) is 0 Å². The molecule has 1 N–H and O–H groups in total. The van der Waals surface area contributed by atoms with Crippen molar-refractivity contribution in [2.75, 3.05) is 25.4 Å². The van der Waals surface area contributed by atoms with E-state index in [1.54, 1.807) is 12.1 Å². The molecule has 110 valence electrons. The van der Waals surface area contributed by atoms with Crippen LogP contribution in [0.5, 0.6) is 0 Å². The maximum atomic E-state index is 11.8. The van der Waals surface area contributed by atoms with E-state index in [-0.39, 0.29) is 11.7 Å². The first-order valence-electron chi connectivity index (χ1n) is 6.91. The third kappa shape index (κ3) is 4.05. The van der Waals surface area contributed by atoms with Gasteiger partial charge in [0.1, 0.15) is 0 Å². The molecule has 0 unspecified atom stereocenters. The number of carbonyl (C=O) groups is 1. The highest BCUT2D eigenvalue weighted by Crippen LogP contribution is 2.13. The van der Waals surface area contributed by atoms with Gasteiger partial charge in [0.05, 0.1) is 5.75 Å². The van der Waals surface area contributed by atoms with Gasteiger partial charge in [0.2, 0.25) is 10.0 Å². The normalized spacial score (nSPS) is 18.6. The molecule has 1 aliphatic heterocycles. The number of benzene rings is 1. The van der Waals surface area contributed by atoms with Gasteiger partial charge < -0.3 is 5.32 Å². The van der Waals surface area contributed by atoms with Gasteiger partial charge in [-0.1, -0.05) is 18.2 Å². The highest BCUT2D eigenvalue weighted by Gasteiger charge is 2.24. The van der Waals surface area contributed by atoms with Gasteiger partial charge in [0, 0.05) is 25.2 Å². The summed E-state index contributed by atoms with van der Waals surface area (Å²) in [6.07, 6.45) is 2.32. The number of sulfonamides is 1. The SMILES string of the molecule is O=C(NCCCN1CCCCS1(=O)=O)c1ccccc1. The van der Waals surface area contributed by atoms with E-state index in [4.69, 9.17) is 0 Å². The minimum atomic E-state index is -3.06. The van der Waals surface area contributed by atoms with Crippen LogP contribution in [-0.2, 0) is 10.0 Å². The minimum absolute atomic E-state index is 0.118. The van der Waals surface area contributed by atoms with Crippen LogP contribution in [0.2, 0.25) is 0 Å². The molecule has 6 heteroatoms. The Morgan fingerprint density at radius 2 is 1.95 bits per heavy atom. The molecule has 0 atom stereocenters. The van der Waals surface area contributed by atoms with E-state index >= 15 is 0 Å². The Morgan fingerprint density at radius 1 is 1.20 bits per heavy atom. The summed E-state index contributed by atoms with van der Waals surface area (Å²) in [5.74, 6) is 0.135. The summed E-state index contributed by atoms with van der Waals surface area (Å²) in [5.41, 5.74) is 0.623. The molecule has 20 heavy (non-hydrogen) atoms. The van der Waals surface area contributed by atoms with E-state index in [0.717, 1.165) is 12.8 Å². The van der Waals surface area contributed by atoms with Gasteiger partial charge in [0.15, 0.2) is 0 Å². The Hall–Kier alpha value is -1.40. The number of hydrogen-bond acceptors (Lipinski definition) is 3. The predicted octanol–water partition coefficient (Wildman–Crippen LogP) is 1.23. The molecular formula is C14H20N2O3S. The molecule has 1 heterocycles. The van der Waals surface area contributed by atoms with Gasteiger partial charge in [-0.3, -0.25) is 4.79 Å². The molecule has 1 aliphatic rings. The zero-order valence-electron chi connectivity index (χ0n) is 11.4. The van der Waals surface area contributed by atoms with Crippen LogP contribution in [-0.4, -0.2) is 44.0 Å². The monoisotopic (exact) mass is 296 g/mol. The Morgan fingerprint density at radius 3 is 2.65 bits per heavy atom. The molecule has 0 saturated carbocycles. The summed E-state index contributed by atoms with van der Waals surface area (Å²) in [6.45, 7) is 1.58. The molecule has 0 bridgehead atoms. The van der Waals surface area contributed by atoms with Crippen molar-refractivity contribution in [2.45, 2.75) is 19.3 Å². The van der Waals surface area contributed by atoms with E-state index in [0.29, 0.717) is 31.6 Å². The lowest BCUT2D eigenvalue weighted by molar-refractivity contribution is 0.0952. The van der Waals surface area contributed by atoms with Crippen LogP contribution in [0.1, 0.15) is 29.6 Å². The zero-order chi connectivity index (χ0) is 14.4. The molecule has 1 aromatic rings. The maximum absolute atomic E-state index is 11.8. The summed E-state index contributed by atoms with van der Waals surface area (Å²) in [4.78, 5) is 11.8. The Balaban J connectivity index is 1.73. The van der Waals surface area contributed by atoms with Crippen molar-refractivity contribution in [3.05, 3.63) is 35.9 Å². The fourth-order valence-corrected chi connectivity index (χ4v) is 3.88. The van der Waals surface area contributed by atoms with Crippen LogP contribution >= 0.6 is 0 Å². The van der Waals surface area contributed by atoms with E-state index < -0.39 is 10.0 Å². The summed E-state index contributed by atoms with van der Waals surface area (Å²) < 4.78 is 25.1. The lowest BCUT2D eigenvalue weighted by atomic mass is 10.2. The molecule has 1 amide bonds. The first-order valence-corrected chi connectivity index (χ1v) is 8.51. The highest BCUT2D eigenvalue weighted by atomic mass is 32.2. The van der Waals surface area contributed by atoms with Crippen molar-refractivity contribution in [3.8, 4) is 0 Å². The van der Waals surface area contributed by atoms with Crippen LogP contribution in [0.25, 0.3) is 0 Å². The molecule has 1 aromatic carbocycles. The molecule has 0 spiro atoms. The van der Waals surface area contributed by atoms with E-state index in [9.17, 15) is 13.2 Å². The highest BCUT2D eigenvalue weighted by molar-refractivity contribution is 7.89. The van der Waals surface area contributed by atoms with Crippen molar-refractivity contribution in [1.29, 1.82) is 0 Å². The van der Waals surface area contributed by atoms with Crippen LogP contribution in [0.4, 0.5) is 0 Å². The molecule has 2 rings (SSSR count). The lowest BCUT2D eigenvalue weighted by Gasteiger charge is -2.26. The summed E-state index contributed by atoms with van der Waals surface area (Å²) >= 11 is 0. The fourth-order valence-electron chi connectivity index (χ4n) is 2.24. The third-order valence-corrected chi connectivity index (χ3v) is 5.32. The average Bonchev–Trinajstić information content (AvgIpc) is 2.45. The molecule has 5 nitrogen and oxygen atoms in total. The Bertz CT molecular complexity index is 543. The van der Waals surface area contributed by atoms with Gasteiger partial charge in [-0.2, -0.15) is 0 Å². The predicted molar refractivity (Wildman–Crippen MR) is 78.0 cm³/mol. The Kier molecular flexibility index (Phi) is 5.14.